The van der Waals surface area contributed by atoms with E-state index in [-0.39, 0.29) is 17.8 Å². The van der Waals surface area contributed by atoms with Gasteiger partial charge in [-0.05, 0) is 57.5 Å². The number of amides is 1. The van der Waals surface area contributed by atoms with Gasteiger partial charge in [0.25, 0.3) is 0 Å². The summed E-state index contributed by atoms with van der Waals surface area (Å²) in [6.07, 6.45) is 1.47. The molecule has 1 aliphatic rings. The van der Waals surface area contributed by atoms with Crippen molar-refractivity contribution < 1.29 is 14.3 Å². The monoisotopic (exact) mass is 338 g/mol. The van der Waals surface area contributed by atoms with Crippen LogP contribution in [0.4, 0.5) is 5.69 Å². The average Bonchev–Trinajstić information content (AvgIpc) is 2.51. The van der Waals surface area contributed by atoms with Crippen LogP contribution >= 0.6 is 11.6 Å². The number of nitrogens with one attached hydrogen (secondary N) is 1. The summed E-state index contributed by atoms with van der Waals surface area (Å²) in [5.41, 5.74) is 1.68. The highest BCUT2D eigenvalue weighted by molar-refractivity contribution is 6.33. The molecular weight excluding hydrogens is 316 g/mol. The van der Waals surface area contributed by atoms with Crippen molar-refractivity contribution in [1.29, 1.82) is 0 Å². The largest absolute Gasteiger partial charge is 0.466 e. The van der Waals surface area contributed by atoms with Crippen LogP contribution in [-0.4, -0.2) is 43.0 Å². The molecule has 1 aromatic carbocycles. The maximum absolute atomic E-state index is 12.1. The molecule has 0 radical (unpaired) electrons. The lowest BCUT2D eigenvalue weighted by atomic mass is 9.97. The first kappa shape index (κ1) is 17.8. The average molecular weight is 339 g/mol. The topological polar surface area (TPSA) is 58.6 Å². The molecule has 1 aliphatic heterocycles. The predicted molar refractivity (Wildman–Crippen MR) is 90.6 cm³/mol. The molecule has 0 aliphatic carbocycles. The number of likely N-dealkylation sites (tertiary alicyclic amines) is 1. The molecule has 0 atom stereocenters. The summed E-state index contributed by atoms with van der Waals surface area (Å²) in [5, 5.41) is 3.38. The van der Waals surface area contributed by atoms with Gasteiger partial charge in [-0.25, -0.2) is 0 Å². The number of esters is 1. The molecule has 126 valence electrons. The van der Waals surface area contributed by atoms with E-state index < -0.39 is 0 Å². The minimum absolute atomic E-state index is 0.0409. The van der Waals surface area contributed by atoms with E-state index in [4.69, 9.17) is 16.3 Å². The molecule has 0 aromatic heterocycles. The van der Waals surface area contributed by atoms with Crippen molar-refractivity contribution in [2.24, 2.45) is 5.92 Å². The van der Waals surface area contributed by atoms with Crippen LogP contribution in [0.1, 0.15) is 25.3 Å². The molecule has 0 bridgehead atoms. The fourth-order valence-corrected chi connectivity index (χ4v) is 2.98. The zero-order valence-corrected chi connectivity index (χ0v) is 14.4. The van der Waals surface area contributed by atoms with Gasteiger partial charge in [0.15, 0.2) is 0 Å². The second kappa shape index (κ2) is 8.31. The normalized spacial score (nSPS) is 16.1. The van der Waals surface area contributed by atoms with Crippen LogP contribution in [-0.2, 0) is 14.3 Å². The fourth-order valence-electron chi connectivity index (χ4n) is 2.70. The van der Waals surface area contributed by atoms with Gasteiger partial charge in [0.2, 0.25) is 5.91 Å². The van der Waals surface area contributed by atoms with Gasteiger partial charge in [-0.2, -0.15) is 0 Å². The van der Waals surface area contributed by atoms with Gasteiger partial charge in [-0.3, -0.25) is 14.5 Å². The number of halogens is 1. The first-order valence-electron chi connectivity index (χ1n) is 7.94. The highest BCUT2D eigenvalue weighted by Gasteiger charge is 2.26. The Bertz CT molecular complexity index is 569. The zero-order chi connectivity index (χ0) is 16.8. The van der Waals surface area contributed by atoms with Crippen LogP contribution < -0.4 is 5.32 Å². The number of carbonyl (C=O) groups excluding carboxylic acids is 2. The van der Waals surface area contributed by atoms with Gasteiger partial charge < -0.3 is 10.1 Å². The van der Waals surface area contributed by atoms with Crippen molar-refractivity contribution in [2.45, 2.75) is 26.7 Å². The Kier molecular flexibility index (Phi) is 6.42. The minimum atomic E-state index is -0.122. The zero-order valence-electron chi connectivity index (χ0n) is 13.6. The van der Waals surface area contributed by atoms with E-state index in [1.807, 2.05) is 36.9 Å². The van der Waals surface area contributed by atoms with Crippen LogP contribution in [0, 0.1) is 12.8 Å². The Balaban J connectivity index is 1.79. The maximum atomic E-state index is 12.1. The van der Waals surface area contributed by atoms with E-state index in [9.17, 15) is 9.59 Å². The maximum Gasteiger partial charge on any atom is 0.309 e. The van der Waals surface area contributed by atoms with Crippen LogP contribution in [0.2, 0.25) is 5.02 Å². The third-order valence-electron chi connectivity index (χ3n) is 3.97. The van der Waals surface area contributed by atoms with Crippen molar-refractivity contribution in [3.8, 4) is 0 Å². The Hall–Kier alpha value is -1.59. The van der Waals surface area contributed by atoms with Gasteiger partial charge >= 0.3 is 5.97 Å². The molecule has 1 saturated heterocycles. The molecule has 1 aromatic rings. The molecule has 6 heteroatoms. The lowest BCUT2D eigenvalue weighted by Crippen LogP contribution is -2.41. The number of hydrogen-bond acceptors (Lipinski definition) is 4. The Morgan fingerprint density at radius 3 is 2.65 bits per heavy atom. The van der Waals surface area contributed by atoms with E-state index >= 15 is 0 Å². The lowest BCUT2D eigenvalue weighted by Gasteiger charge is -2.30. The van der Waals surface area contributed by atoms with E-state index in [1.54, 1.807) is 0 Å². The SMILES string of the molecule is CCOC(=O)C1CCN(CC(=O)Nc2ccc(C)cc2Cl)CC1. The molecule has 0 unspecified atom stereocenters. The summed E-state index contributed by atoms with van der Waals surface area (Å²) in [4.78, 5) is 25.9. The summed E-state index contributed by atoms with van der Waals surface area (Å²) < 4.78 is 5.05. The fraction of sp³-hybridized carbons (Fsp3) is 0.529. The van der Waals surface area contributed by atoms with Gasteiger partial charge in [0.05, 0.1) is 29.8 Å². The van der Waals surface area contributed by atoms with E-state index in [1.165, 1.54) is 0 Å². The second-order valence-electron chi connectivity index (χ2n) is 5.83. The van der Waals surface area contributed by atoms with Crippen molar-refractivity contribution >= 4 is 29.2 Å². The quantitative estimate of drug-likeness (QED) is 0.839. The number of nitrogens with zero attached hydrogens (tertiary/aromatic N) is 1. The molecule has 1 fully saturated rings. The molecule has 5 nitrogen and oxygen atoms in total. The van der Waals surface area contributed by atoms with Crippen LogP contribution in [0.15, 0.2) is 18.2 Å². The molecule has 0 spiro atoms. The number of carbonyl (C=O) groups is 2. The van der Waals surface area contributed by atoms with E-state index in [0.717, 1.165) is 31.5 Å². The lowest BCUT2D eigenvalue weighted by molar-refractivity contribution is -0.149. The molecule has 2 rings (SSSR count). The van der Waals surface area contributed by atoms with Crippen LogP contribution in [0.3, 0.4) is 0 Å². The Labute approximate surface area is 141 Å². The van der Waals surface area contributed by atoms with Crippen molar-refractivity contribution in [3.05, 3.63) is 28.8 Å². The van der Waals surface area contributed by atoms with Gasteiger partial charge in [0, 0.05) is 0 Å². The van der Waals surface area contributed by atoms with Crippen LogP contribution in [0.25, 0.3) is 0 Å². The van der Waals surface area contributed by atoms with Crippen molar-refractivity contribution in [3.63, 3.8) is 0 Å². The highest BCUT2D eigenvalue weighted by atomic mass is 35.5. The summed E-state index contributed by atoms with van der Waals surface area (Å²) in [6, 6.07) is 5.54. The standard InChI is InChI=1S/C17H23ClN2O3/c1-3-23-17(22)13-6-8-20(9-7-13)11-16(21)19-15-5-4-12(2)10-14(15)18/h4-5,10,13H,3,6-9,11H2,1-2H3,(H,19,21). The molecule has 0 saturated carbocycles. The van der Waals surface area contributed by atoms with Gasteiger partial charge in [0.1, 0.15) is 0 Å². The highest BCUT2D eigenvalue weighted by Crippen LogP contribution is 2.23. The molecule has 1 heterocycles. The molecule has 23 heavy (non-hydrogen) atoms. The molecule has 1 N–H and O–H groups in total. The van der Waals surface area contributed by atoms with Crippen molar-refractivity contribution in [2.75, 3.05) is 31.6 Å². The third-order valence-corrected chi connectivity index (χ3v) is 4.29. The predicted octanol–water partition coefficient (Wildman–Crippen LogP) is 2.86. The first-order valence-corrected chi connectivity index (χ1v) is 8.32. The number of rotatable bonds is 5. The number of piperidine rings is 1. The summed E-state index contributed by atoms with van der Waals surface area (Å²) in [5.74, 6) is -0.255. The summed E-state index contributed by atoms with van der Waals surface area (Å²) in [7, 11) is 0. The van der Waals surface area contributed by atoms with Gasteiger partial charge in [-0.1, -0.05) is 17.7 Å². The first-order chi connectivity index (χ1) is 11.0. The number of benzene rings is 1. The smallest absolute Gasteiger partial charge is 0.309 e. The van der Waals surface area contributed by atoms with Crippen molar-refractivity contribution in [1.82, 2.24) is 4.90 Å². The Morgan fingerprint density at radius 1 is 1.35 bits per heavy atom. The summed E-state index contributed by atoms with van der Waals surface area (Å²) >= 11 is 6.12. The third kappa shape index (κ3) is 5.22. The Morgan fingerprint density at radius 2 is 2.04 bits per heavy atom. The number of ether oxygens (including phenoxy) is 1. The number of anilines is 1. The minimum Gasteiger partial charge on any atom is -0.466 e. The van der Waals surface area contributed by atoms with Gasteiger partial charge in [-0.15, -0.1) is 0 Å². The second-order valence-corrected chi connectivity index (χ2v) is 6.24. The molecular formula is C17H23ClN2O3. The summed E-state index contributed by atoms with van der Waals surface area (Å²) in [6.45, 7) is 5.92. The number of hydrogen-bond donors (Lipinski definition) is 1. The van der Waals surface area contributed by atoms with E-state index in [2.05, 4.69) is 5.32 Å². The van der Waals surface area contributed by atoms with E-state index in [0.29, 0.717) is 23.9 Å². The van der Waals surface area contributed by atoms with Crippen LogP contribution in [0.5, 0.6) is 0 Å². The number of aryl methyl sites for hydroxylation is 1. The molecule has 1 amide bonds.